The molecule has 0 aromatic heterocycles. The molecular formula is C11H16N2O. The molecule has 0 saturated heterocycles. The lowest BCUT2D eigenvalue weighted by molar-refractivity contribution is 0.174. The molecule has 1 aliphatic rings. The molecule has 76 valence electrons. The Labute approximate surface area is 83.9 Å². The lowest BCUT2D eigenvalue weighted by Gasteiger charge is -2.12. The third-order valence-corrected chi connectivity index (χ3v) is 2.47. The van der Waals surface area contributed by atoms with Gasteiger partial charge in [0.2, 0.25) is 0 Å². The summed E-state index contributed by atoms with van der Waals surface area (Å²) in [6, 6.07) is 8.04. The van der Waals surface area contributed by atoms with Gasteiger partial charge in [-0.3, -0.25) is 0 Å². The van der Waals surface area contributed by atoms with Crippen molar-refractivity contribution in [2.45, 2.75) is 25.0 Å². The van der Waals surface area contributed by atoms with Gasteiger partial charge in [0.25, 0.3) is 0 Å². The lowest BCUT2D eigenvalue weighted by Crippen LogP contribution is -2.23. The van der Waals surface area contributed by atoms with Crippen molar-refractivity contribution >= 4 is 5.69 Å². The number of aliphatic hydroxyl groups is 1. The SMILES string of the molecule is Nc1cccc(C(O)CNC2CC2)c1. The van der Waals surface area contributed by atoms with Crippen LogP contribution in [-0.4, -0.2) is 17.7 Å². The van der Waals surface area contributed by atoms with Crippen LogP contribution in [0.4, 0.5) is 5.69 Å². The summed E-state index contributed by atoms with van der Waals surface area (Å²) in [6.45, 7) is 0.619. The van der Waals surface area contributed by atoms with Crippen LogP contribution in [0.25, 0.3) is 0 Å². The number of rotatable bonds is 4. The van der Waals surface area contributed by atoms with Crippen molar-refractivity contribution in [3.63, 3.8) is 0 Å². The van der Waals surface area contributed by atoms with Gasteiger partial charge in [-0.1, -0.05) is 12.1 Å². The largest absolute Gasteiger partial charge is 0.399 e. The first-order valence-electron chi connectivity index (χ1n) is 5.02. The molecule has 1 saturated carbocycles. The maximum absolute atomic E-state index is 9.80. The molecule has 1 unspecified atom stereocenters. The van der Waals surface area contributed by atoms with Gasteiger partial charge in [-0.15, -0.1) is 0 Å². The zero-order chi connectivity index (χ0) is 9.97. The second kappa shape index (κ2) is 3.98. The molecule has 3 heteroatoms. The fourth-order valence-corrected chi connectivity index (χ4v) is 1.45. The molecule has 0 spiro atoms. The van der Waals surface area contributed by atoms with Gasteiger partial charge in [0, 0.05) is 18.3 Å². The van der Waals surface area contributed by atoms with Crippen molar-refractivity contribution in [3.8, 4) is 0 Å². The van der Waals surface area contributed by atoms with Gasteiger partial charge < -0.3 is 16.2 Å². The second-order valence-corrected chi connectivity index (χ2v) is 3.87. The topological polar surface area (TPSA) is 58.3 Å². The first kappa shape index (κ1) is 9.49. The normalized spacial score (nSPS) is 18.1. The maximum atomic E-state index is 9.80. The quantitative estimate of drug-likeness (QED) is 0.625. The number of nitrogens with two attached hydrogens (primary N) is 1. The second-order valence-electron chi connectivity index (χ2n) is 3.87. The molecule has 0 radical (unpaired) electrons. The minimum atomic E-state index is -0.445. The maximum Gasteiger partial charge on any atom is 0.0915 e. The monoisotopic (exact) mass is 192 g/mol. The number of anilines is 1. The van der Waals surface area contributed by atoms with E-state index in [2.05, 4.69) is 5.32 Å². The highest BCUT2D eigenvalue weighted by Gasteiger charge is 2.21. The third kappa shape index (κ3) is 2.47. The smallest absolute Gasteiger partial charge is 0.0915 e. The molecule has 1 fully saturated rings. The van der Waals surface area contributed by atoms with Gasteiger partial charge in [0.05, 0.1) is 6.10 Å². The molecule has 0 amide bonds. The molecule has 14 heavy (non-hydrogen) atoms. The highest BCUT2D eigenvalue weighted by atomic mass is 16.3. The van der Waals surface area contributed by atoms with Gasteiger partial charge in [-0.25, -0.2) is 0 Å². The molecule has 1 aromatic carbocycles. The van der Waals surface area contributed by atoms with Crippen LogP contribution >= 0.6 is 0 Å². The molecule has 3 nitrogen and oxygen atoms in total. The molecule has 0 aliphatic heterocycles. The zero-order valence-electron chi connectivity index (χ0n) is 8.11. The van der Waals surface area contributed by atoms with E-state index in [1.165, 1.54) is 12.8 Å². The number of aliphatic hydroxyl groups excluding tert-OH is 1. The summed E-state index contributed by atoms with van der Waals surface area (Å²) in [4.78, 5) is 0. The van der Waals surface area contributed by atoms with Crippen molar-refractivity contribution in [1.29, 1.82) is 0 Å². The van der Waals surface area contributed by atoms with Crippen LogP contribution in [0.15, 0.2) is 24.3 Å². The van der Waals surface area contributed by atoms with Crippen LogP contribution in [0.5, 0.6) is 0 Å². The summed E-state index contributed by atoms with van der Waals surface area (Å²) >= 11 is 0. The van der Waals surface area contributed by atoms with E-state index in [1.54, 1.807) is 0 Å². The number of benzene rings is 1. The van der Waals surface area contributed by atoms with Crippen LogP contribution in [0.3, 0.4) is 0 Å². The van der Waals surface area contributed by atoms with E-state index in [-0.39, 0.29) is 0 Å². The molecule has 0 bridgehead atoms. The standard InChI is InChI=1S/C11H16N2O/c12-9-3-1-2-8(6-9)11(14)7-13-10-4-5-10/h1-3,6,10-11,13-14H,4-5,7,12H2. The molecule has 4 N–H and O–H groups in total. The summed E-state index contributed by atoms with van der Waals surface area (Å²) in [5, 5.41) is 13.1. The van der Waals surface area contributed by atoms with Crippen LogP contribution in [0, 0.1) is 0 Å². The number of nitrogens with one attached hydrogen (secondary N) is 1. The van der Waals surface area contributed by atoms with E-state index in [0.717, 1.165) is 5.56 Å². The van der Waals surface area contributed by atoms with E-state index in [4.69, 9.17) is 5.73 Å². The fourth-order valence-electron chi connectivity index (χ4n) is 1.45. The zero-order valence-corrected chi connectivity index (χ0v) is 8.11. The van der Waals surface area contributed by atoms with Gasteiger partial charge in [-0.05, 0) is 30.5 Å². The van der Waals surface area contributed by atoms with E-state index in [0.29, 0.717) is 18.3 Å². The molecule has 0 heterocycles. The highest BCUT2D eigenvalue weighted by Crippen LogP contribution is 2.20. The van der Waals surface area contributed by atoms with E-state index >= 15 is 0 Å². The van der Waals surface area contributed by atoms with Gasteiger partial charge in [-0.2, -0.15) is 0 Å². The Bertz CT molecular complexity index is 310. The first-order valence-corrected chi connectivity index (χ1v) is 5.02. The third-order valence-electron chi connectivity index (χ3n) is 2.47. The van der Waals surface area contributed by atoms with Gasteiger partial charge in [0.1, 0.15) is 0 Å². The Balaban J connectivity index is 1.91. The molecule has 2 rings (SSSR count). The average molecular weight is 192 g/mol. The minimum absolute atomic E-state index is 0.445. The minimum Gasteiger partial charge on any atom is -0.399 e. The Morgan fingerprint density at radius 3 is 2.93 bits per heavy atom. The Morgan fingerprint density at radius 1 is 1.50 bits per heavy atom. The summed E-state index contributed by atoms with van der Waals surface area (Å²) in [6.07, 6.45) is 2.03. The van der Waals surface area contributed by atoms with Crippen LogP contribution in [0.1, 0.15) is 24.5 Å². The van der Waals surface area contributed by atoms with Crippen LogP contribution in [0.2, 0.25) is 0 Å². The number of nitrogen functional groups attached to an aromatic ring is 1. The molecule has 1 atom stereocenters. The molecular weight excluding hydrogens is 176 g/mol. The Morgan fingerprint density at radius 2 is 2.29 bits per heavy atom. The number of hydrogen-bond acceptors (Lipinski definition) is 3. The Hall–Kier alpha value is -1.06. The van der Waals surface area contributed by atoms with Crippen LogP contribution < -0.4 is 11.1 Å². The van der Waals surface area contributed by atoms with Gasteiger partial charge >= 0.3 is 0 Å². The van der Waals surface area contributed by atoms with Gasteiger partial charge in [0.15, 0.2) is 0 Å². The predicted octanol–water partition coefficient (Wildman–Crippen LogP) is 1.05. The summed E-state index contributed by atoms with van der Waals surface area (Å²) < 4.78 is 0. The summed E-state index contributed by atoms with van der Waals surface area (Å²) in [5.74, 6) is 0. The van der Waals surface area contributed by atoms with Crippen molar-refractivity contribution in [2.24, 2.45) is 0 Å². The average Bonchev–Trinajstić information content (AvgIpc) is 2.97. The molecule has 1 aromatic rings. The van der Waals surface area contributed by atoms with E-state index < -0.39 is 6.10 Å². The van der Waals surface area contributed by atoms with Crippen molar-refractivity contribution in [2.75, 3.05) is 12.3 Å². The lowest BCUT2D eigenvalue weighted by atomic mass is 10.1. The summed E-state index contributed by atoms with van der Waals surface area (Å²) in [7, 11) is 0. The van der Waals surface area contributed by atoms with Crippen LogP contribution in [-0.2, 0) is 0 Å². The van der Waals surface area contributed by atoms with Crippen molar-refractivity contribution < 1.29 is 5.11 Å². The van der Waals surface area contributed by atoms with E-state index in [1.807, 2.05) is 24.3 Å². The predicted molar refractivity (Wildman–Crippen MR) is 56.8 cm³/mol. The first-order chi connectivity index (χ1) is 6.75. The molecule has 1 aliphatic carbocycles. The van der Waals surface area contributed by atoms with Crippen molar-refractivity contribution in [3.05, 3.63) is 29.8 Å². The number of hydrogen-bond donors (Lipinski definition) is 3. The fraction of sp³-hybridized carbons (Fsp3) is 0.455. The van der Waals surface area contributed by atoms with E-state index in [9.17, 15) is 5.11 Å². The Kier molecular flexibility index (Phi) is 2.70. The highest BCUT2D eigenvalue weighted by molar-refractivity contribution is 5.41. The summed E-state index contributed by atoms with van der Waals surface area (Å²) in [5.41, 5.74) is 7.22. The van der Waals surface area contributed by atoms with Crippen molar-refractivity contribution in [1.82, 2.24) is 5.32 Å².